The molecule has 254 valence electrons. The number of aromatic nitrogens is 3. The minimum absolute atomic E-state index is 0.0104. The predicted octanol–water partition coefficient (Wildman–Crippen LogP) is 10.6. The average molecular weight is 693 g/mol. The number of furan rings is 1. The van der Waals surface area contributed by atoms with Gasteiger partial charge in [0.1, 0.15) is 11.0 Å². The number of nitrogens with zero attached hydrogens (tertiary/aromatic N) is 4. The van der Waals surface area contributed by atoms with Crippen molar-refractivity contribution in [1.82, 2.24) is 14.5 Å². The number of para-hydroxylation sites is 3. The first-order valence-electron chi connectivity index (χ1n) is 18.5. The molecule has 12 rings (SSSR count). The van der Waals surface area contributed by atoms with E-state index in [1.165, 1.54) is 27.1 Å². The quantitative estimate of drug-likeness (QED) is 0.185. The largest absolute Gasteiger partial charge is 0.456 e. The molecule has 0 spiro atoms. The second-order valence-electron chi connectivity index (χ2n) is 14.8. The second-order valence-corrected chi connectivity index (χ2v) is 14.8. The zero-order valence-corrected chi connectivity index (χ0v) is 29.4. The summed E-state index contributed by atoms with van der Waals surface area (Å²) in [6.07, 6.45) is 4.75. The van der Waals surface area contributed by atoms with Crippen molar-refractivity contribution in [3.8, 4) is 16.9 Å². The van der Waals surface area contributed by atoms with Gasteiger partial charge in [0.15, 0.2) is 0 Å². The summed E-state index contributed by atoms with van der Waals surface area (Å²) in [4.78, 5) is 13.4. The molecular formula is C49H32N4O. The molecule has 5 nitrogen and oxygen atoms in total. The second kappa shape index (κ2) is 10.8. The van der Waals surface area contributed by atoms with Crippen LogP contribution in [0.5, 0.6) is 0 Å². The van der Waals surface area contributed by atoms with Crippen LogP contribution in [-0.4, -0.2) is 20.1 Å². The van der Waals surface area contributed by atoms with Gasteiger partial charge in [-0.2, -0.15) is 0 Å². The lowest BCUT2D eigenvalue weighted by molar-refractivity contribution is 0.533. The lowest BCUT2D eigenvalue weighted by Crippen LogP contribution is -2.47. The van der Waals surface area contributed by atoms with Crippen LogP contribution < -0.4 is 15.5 Å². The van der Waals surface area contributed by atoms with E-state index in [-0.39, 0.29) is 5.92 Å². The summed E-state index contributed by atoms with van der Waals surface area (Å²) in [5.74, 6) is 0.648. The molecule has 0 fully saturated rings. The van der Waals surface area contributed by atoms with Gasteiger partial charge in [0.25, 0.3) is 0 Å². The highest BCUT2D eigenvalue weighted by atomic mass is 16.3. The van der Waals surface area contributed by atoms with E-state index in [9.17, 15) is 0 Å². The molecule has 4 heterocycles. The van der Waals surface area contributed by atoms with Crippen LogP contribution in [0.1, 0.15) is 18.4 Å². The summed E-state index contributed by atoms with van der Waals surface area (Å²) >= 11 is 0. The van der Waals surface area contributed by atoms with E-state index in [2.05, 4.69) is 180 Å². The van der Waals surface area contributed by atoms with Crippen LogP contribution in [0.25, 0.3) is 83.5 Å². The first-order valence-corrected chi connectivity index (χ1v) is 18.5. The van der Waals surface area contributed by atoms with E-state index >= 15 is 0 Å². The molecule has 0 radical (unpaired) electrons. The lowest BCUT2D eigenvalue weighted by atomic mass is 9.80. The van der Waals surface area contributed by atoms with Crippen molar-refractivity contribution >= 4 is 78.2 Å². The van der Waals surface area contributed by atoms with Crippen molar-refractivity contribution in [1.29, 1.82) is 0 Å². The Bertz CT molecular complexity index is 3320. The van der Waals surface area contributed by atoms with Crippen LogP contribution in [0.2, 0.25) is 0 Å². The third-order valence-electron chi connectivity index (χ3n) is 11.8. The van der Waals surface area contributed by atoms with Gasteiger partial charge in [-0.25, -0.2) is 9.97 Å². The smallest absolute Gasteiger partial charge is 0.231 e. The topological polar surface area (TPSA) is 47.1 Å². The summed E-state index contributed by atoms with van der Waals surface area (Å²) in [5, 5.41) is 8.11. The molecule has 0 amide bonds. The van der Waals surface area contributed by atoms with Gasteiger partial charge >= 0.3 is 0 Å². The summed E-state index contributed by atoms with van der Waals surface area (Å²) in [6, 6.07) is 56.0. The van der Waals surface area contributed by atoms with E-state index in [1.54, 1.807) is 0 Å². The molecule has 1 aliphatic carbocycles. The van der Waals surface area contributed by atoms with Crippen molar-refractivity contribution in [2.24, 2.45) is 0 Å². The van der Waals surface area contributed by atoms with Crippen LogP contribution in [0.15, 0.2) is 162 Å². The molecule has 3 aromatic heterocycles. The number of hydrogen-bond donors (Lipinski definition) is 0. The minimum atomic E-state index is -0.599. The van der Waals surface area contributed by atoms with Crippen LogP contribution >= 0.6 is 0 Å². The number of hydrogen-bond acceptors (Lipinski definition) is 4. The molecule has 1 aliphatic heterocycles. The van der Waals surface area contributed by atoms with Crippen molar-refractivity contribution < 1.29 is 4.42 Å². The highest BCUT2D eigenvalue weighted by Gasteiger charge is 2.51. The molecule has 0 saturated heterocycles. The van der Waals surface area contributed by atoms with E-state index in [0.29, 0.717) is 5.95 Å². The first kappa shape index (κ1) is 29.6. The minimum Gasteiger partial charge on any atom is -0.456 e. The zero-order valence-electron chi connectivity index (χ0n) is 29.4. The van der Waals surface area contributed by atoms with Gasteiger partial charge in [0.05, 0.1) is 33.5 Å². The number of anilines is 2. The van der Waals surface area contributed by atoms with Gasteiger partial charge in [-0.05, 0) is 59.7 Å². The average Bonchev–Trinajstić information content (AvgIpc) is 3.84. The Morgan fingerprint density at radius 3 is 2.26 bits per heavy atom. The summed E-state index contributed by atoms with van der Waals surface area (Å²) < 4.78 is 9.07. The van der Waals surface area contributed by atoms with Crippen molar-refractivity contribution in [3.05, 3.63) is 174 Å². The molecular weight excluding hydrogens is 661 g/mol. The zero-order chi connectivity index (χ0) is 35.5. The maximum Gasteiger partial charge on any atom is 0.231 e. The SMILES string of the molecule is C[C@@]12C=c3oc4ccccc4c3=CC1c1ccc3c4ccccc4n(-c4ccc5ccccc5c4)c3c1N2c1nc(-c2ccccc2)c2ccccc2n1. The third-order valence-corrected chi connectivity index (χ3v) is 11.8. The fourth-order valence-corrected chi connectivity index (χ4v) is 9.32. The fourth-order valence-electron chi connectivity index (χ4n) is 9.32. The third kappa shape index (κ3) is 3.98. The monoisotopic (exact) mass is 692 g/mol. The van der Waals surface area contributed by atoms with Gasteiger partial charge in [-0.15, -0.1) is 0 Å². The van der Waals surface area contributed by atoms with E-state index < -0.39 is 5.54 Å². The van der Waals surface area contributed by atoms with Crippen LogP contribution in [0.4, 0.5) is 11.6 Å². The number of benzene rings is 7. The fraction of sp³-hybridized carbons (Fsp3) is 0.0612. The maximum atomic E-state index is 6.62. The van der Waals surface area contributed by atoms with Gasteiger partial charge in [0.2, 0.25) is 5.95 Å². The van der Waals surface area contributed by atoms with Gasteiger partial charge in [0, 0.05) is 43.9 Å². The van der Waals surface area contributed by atoms with E-state index in [0.717, 1.165) is 66.2 Å². The normalized spacial score (nSPS) is 17.5. The molecule has 0 N–H and O–H groups in total. The van der Waals surface area contributed by atoms with Crippen molar-refractivity contribution in [3.63, 3.8) is 0 Å². The molecule has 2 atom stereocenters. The van der Waals surface area contributed by atoms with Gasteiger partial charge in [-0.1, -0.05) is 133 Å². The van der Waals surface area contributed by atoms with Crippen molar-refractivity contribution in [2.75, 3.05) is 4.90 Å². The van der Waals surface area contributed by atoms with E-state index in [1.807, 2.05) is 6.07 Å². The lowest BCUT2D eigenvalue weighted by Gasteiger charge is -2.37. The van der Waals surface area contributed by atoms with Crippen LogP contribution in [-0.2, 0) is 0 Å². The highest BCUT2D eigenvalue weighted by Crippen LogP contribution is 2.57. The molecule has 54 heavy (non-hydrogen) atoms. The Balaban J connectivity index is 1.24. The number of fused-ring (bicyclic) bond motifs is 12. The highest BCUT2D eigenvalue weighted by molar-refractivity contribution is 6.16. The molecule has 1 unspecified atom stereocenters. The molecule has 0 saturated carbocycles. The molecule has 10 aromatic rings. The maximum absolute atomic E-state index is 6.62. The summed E-state index contributed by atoms with van der Waals surface area (Å²) in [6.45, 7) is 2.32. The summed E-state index contributed by atoms with van der Waals surface area (Å²) in [5.41, 5.74) is 9.81. The van der Waals surface area contributed by atoms with Crippen molar-refractivity contribution in [2.45, 2.75) is 18.4 Å². The Kier molecular flexibility index (Phi) is 5.91. The molecule has 5 heteroatoms. The van der Waals surface area contributed by atoms with E-state index in [4.69, 9.17) is 14.4 Å². The Hall–Kier alpha value is -6.98. The predicted molar refractivity (Wildman–Crippen MR) is 221 cm³/mol. The molecule has 7 aromatic carbocycles. The Morgan fingerprint density at radius 2 is 1.37 bits per heavy atom. The Morgan fingerprint density at radius 1 is 0.630 bits per heavy atom. The van der Waals surface area contributed by atoms with Gasteiger partial charge < -0.3 is 8.98 Å². The van der Waals surface area contributed by atoms with Crippen LogP contribution in [0, 0.1) is 0 Å². The summed E-state index contributed by atoms with van der Waals surface area (Å²) in [7, 11) is 0. The molecule has 2 aliphatic rings. The Labute approximate surface area is 310 Å². The number of rotatable bonds is 3. The van der Waals surface area contributed by atoms with Gasteiger partial charge in [-0.3, -0.25) is 4.90 Å². The van der Waals surface area contributed by atoms with Crippen LogP contribution in [0.3, 0.4) is 0 Å². The first-order chi connectivity index (χ1) is 26.6. The molecule has 0 bridgehead atoms. The standard InChI is InChI=1S/C49H32N4O/c1-49-29-44-39(35-18-9-12-22-43(35)54-44)28-40(49)37-26-25-36-34-17-8-11-21-42(34)52(33-24-23-30-13-5-6-16-32(30)27-33)46(36)47(37)53(49)48-50-41-20-10-7-19-38(41)45(51-48)31-14-3-2-4-15-31/h2-29,40H,1H3/t40?,49-/m1/s1.